The number of halogens is 2. The predicted octanol–water partition coefficient (Wildman–Crippen LogP) is 1.46. The minimum atomic E-state index is -2.64. The molecular formula is C13H14F2N2O3. The van der Waals surface area contributed by atoms with Crippen molar-refractivity contribution in [3.8, 4) is 0 Å². The SMILES string of the molecule is O=C(Cc1noc2ccccc12)N(CCO)CC(F)F. The number of amides is 1. The first-order chi connectivity index (χ1) is 9.61. The molecule has 0 bridgehead atoms. The topological polar surface area (TPSA) is 66.6 Å². The maximum atomic E-state index is 12.4. The molecule has 0 saturated heterocycles. The Morgan fingerprint density at radius 3 is 2.85 bits per heavy atom. The number of benzene rings is 1. The fourth-order valence-corrected chi connectivity index (χ4v) is 1.93. The van der Waals surface area contributed by atoms with Crippen molar-refractivity contribution >= 4 is 16.9 Å². The highest BCUT2D eigenvalue weighted by molar-refractivity contribution is 5.86. The highest BCUT2D eigenvalue weighted by Gasteiger charge is 2.20. The Hall–Kier alpha value is -2.02. The normalized spacial score (nSPS) is 11.2. The van der Waals surface area contributed by atoms with E-state index >= 15 is 0 Å². The Morgan fingerprint density at radius 2 is 2.15 bits per heavy atom. The molecule has 0 aliphatic rings. The molecule has 5 nitrogen and oxygen atoms in total. The van der Waals surface area contributed by atoms with Crippen molar-refractivity contribution in [2.45, 2.75) is 12.8 Å². The summed E-state index contributed by atoms with van der Waals surface area (Å²) < 4.78 is 29.8. The summed E-state index contributed by atoms with van der Waals surface area (Å²) in [5.41, 5.74) is 0.945. The molecule has 0 fully saturated rings. The lowest BCUT2D eigenvalue weighted by molar-refractivity contribution is -0.133. The lowest BCUT2D eigenvalue weighted by Crippen LogP contribution is -2.38. The number of fused-ring (bicyclic) bond motifs is 1. The van der Waals surface area contributed by atoms with Gasteiger partial charge in [-0.1, -0.05) is 17.3 Å². The van der Waals surface area contributed by atoms with Gasteiger partial charge in [-0.2, -0.15) is 0 Å². The van der Waals surface area contributed by atoms with Gasteiger partial charge in [0.1, 0.15) is 5.69 Å². The zero-order valence-corrected chi connectivity index (χ0v) is 10.6. The lowest BCUT2D eigenvalue weighted by atomic mass is 10.1. The number of nitrogens with zero attached hydrogens (tertiary/aromatic N) is 2. The van der Waals surface area contributed by atoms with Crippen LogP contribution >= 0.6 is 0 Å². The number of aliphatic hydroxyl groups excluding tert-OH is 1. The van der Waals surface area contributed by atoms with Gasteiger partial charge < -0.3 is 14.5 Å². The highest BCUT2D eigenvalue weighted by Crippen LogP contribution is 2.18. The maximum absolute atomic E-state index is 12.4. The number of carbonyl (C=O) groups excluding carboxylic acids is 1. The average molecular weight is 284 g/mol. The molecule has 7 heteroatoms. The Balaban J connectivity index is 2.12. The van der Waals surface area contributed by atoms with Crippen molar-refractivity contribution < 1.29 is 23.2 Å². The Morgan fingerprint density at radius 1 is 1.40 bits per heavy atom. The molecule has 0 atom stereocenters. The highest BCUT2D eigenvalue weighted by atomic mass is 19.3. The van der Waals surface area contributed by atoms with Gasteiger partial charge in [-0.15, -0.1) is 0 Å². The third-order valence-corrected chi connectivity index (χ3v) is 2.85. The lowest BCUT2D eigenvalue weighted by Gasteiger charge is -2.20. The van der Waals surface area contributed by atoms with Gasteiger partial charge in [-0.25, -0.2) is 8.78 Å². The molecule has 20 heavy (non-hydrogen) atoms. The van der Waals surface area contributed by atoms with E-state index in [1.807, 2.05) is 0 Å². The molecule has 1 N–H and O–H groups in total. The van der Waals surface area contributed by atoms with Crippen LogP contribution in [0.2, 0.25) is 0 Å². The Labute approximate surface area is 113 Å². The monoisotopic (exact) mass is 284 g/mol. The molecule has 2 rings (SSSR count). The molecule has 0 radical (unpaired) electrons. The fraction of sp³-hybridized carbons (Fsp3) is 0.385. The first-order valence-corrected chi connectivity index (χ1v) is 6.12. The first kappa shape index (κ1) is 14.4. The van der Waals surface area contributed by atoms with Gasteiger partial charge in [0.2, 0.25) is 5.91 Å². The quantitative estimate of drug-likeness (QED) is 0.872. The first-order valence-electron chi connectivity index (χ1n) is 6.12. The molecule has 108 valence electrons. The van der Waals surface area contributed by atoms with Crippen LogP contribution in [0.4, 0.5) is 8.78 Å². The van der Waals surface area contributed by atoms with Crippen molar-refractivity contribution in [2.24, 2.45) is 0 Å². The van der Waals surface area contributed by atoms with Crippen LogP contribution in [-0.4, -0.2) is 47.2 Å². The van der Waals surface area contributed by atoms with Crippen LogP contribution in [0, 0.1) is 0 Å². The molecule has 0 saturated carbocycles. The van der Waals surface area contributed by atoms with E-state index in [2.05, 4.69) is 5.16 Å². The van der Waals surface area contributed by atoms with Crippen LogP contribution in [0.15, 0.2) is 28.8 Å². The number of carbonyl (C=O) groups is 1. The third kappa shape index (κ3) is 3.30. The van der Waals surface area contributed by atoms with E-state index in [9.17, 15) is 13.6 Å². The number of alkyl halides is 2. The van der Waals surface area contributed by atoms with Crippen LogP contribution < -0.4 is 0 Å². The Bertz CT molecular complexity index is 586. The van der Waals surface area contributed by atoms with Crippen LogP contribution in [0.5, 0.6) is 0 Å². The summed E-state index contributed by atoms with van der Waals surface area (Å²) in [4.78, 5) is 12.9. The maximum Gasteiger partial charge on any atom is 0.255 e. The largest absolute Gasteiger partial charge is 0.395 e. The molecule has 0 unspecified atom stereocenters. The number of para-hydroxylation sites is 1. The molecule has 0 aliphatic heterocycles. The second kappa shape index (κ2) is 6.42. The molecular weight excluding hydrogens is 270 g/mol. The molecule has 1 heterocycles. The molecule has 0 spiro atoms. The number of hydrogen-bond donors (Lipinski definition) is 1. The van der Waals surface area contributed by atoms with E-state index in [-0.39, 0.29) is 19.6 Å². The third-order valence-electron chi connectivity index (χ3n) is 2.85. The van der Waals surface area contributed by atoms with Crippen molar-refractivity contribution in [2.75, 3.05) is 19.7 Å². The van der Waals surface area contributed by atoms with E-state index < -0.39 is 18.9 Å². The summed E-state index contributed by atoms with van der Waals surface area (Å²) >= 11 is 0. The van der Waals surface area contributed by atoms with Gasteiger partial charge in [0.15, 0.2) is 5.58 Å². The minimum Gasteiger partial charge on any atom is -0.395 e. The zero-order valence-electron chi connectivity index (χ0n) is 10.6. The summed E-state index contributed by atoms with van der Waals surface area (Å²) in [6.45, 7) is -1.19. The molecule has 1 amide bonds. The van der Waals surface area contributed by atoms with Crippen LogP contribution in [0.1, 0.15) is 5.69 Å². The van der Waals surface area contributed by atoms with Crippen LogP contribution in [-0.2, 0) is 11.2 Å². The zero-order chi connectivity index (χ0) is 14.5. The predicted molar refractivity (Wildman–Crippen MR) is 67.4 cm³/mol. The van der Waals surface area contributed by atoms with Gasteiger partial charge in [0.25, 0.3) is 6.43 Å². The van der Waals surface area contributed by atoms with Gasteiger partial charge in [0.05, 0.1) is 19.6 Å². The fourth-order valence-electron chi connectivity index (χ4n) is 1.93. The summed E-state index contributed by atoms with van der Waals surface area (Å²) in [6.07, 6.45) is -2.77. The van der Waals surface area contributed by atoms with Crippen LogP contribution in [0.3, 0.4) is 0 Å². The number of aliphatic hydroxyl groups is 1. The minimum absolute atomic E-state index is 0.126. The number of aromatic nitrogens is 1. The Kier molecular flexibility index (Phi) is 4.62. The molecule has 1 aromatic carbocycles. The molecule has 2 aromatic rings. The smallest absolute Gasteiger partial charge is 0.255 e. The average Bonchev–Trinajstić information content (AvgIpc) is 2.81. The molecule has 0 aliphatic carbocycles. The van der Waals surface area contributed by atoms with Crippen molar-refractivity contribution in [1.82, 2.24) is 10.1 Å². The summed E-state index contributed by atoms with van der Waals surface area (Å²) in [7, 11) is 0. The molecule has 1 aromatic heterocycles. The van der Waals surface area contributed by atoms with Crippen LogP contribution in [0.25, 0.3) is 11.0 Å². The van der Waals surface area contributed by atoms with E-state index in [4.69, 9.17) is 9.63 Å². The second-order valence-corrected chi connectivity index (χ2v) is 4.26. The van der Waals surface area contributed by atoms with Gasteiger partial charge in [0, 0.05) is 11.9 Å². The van der Waals surface area contributed by atoms with Crippen molar-refractivity contribution in [1.29, 1.82) is 0 Å². The standard InChI is InChI=1S/C13H14F2N2O3/c14-12(15)8-17(5-6-18)13(19)7-10-9-3-1-2-4-11(9)20-16-10/h1-4,12,18H,5-8H2. The van der Waals surface area contributed by atoms with Gasteiger partial charge in [-0.3, -0.25) is 4.79 Å². The second-order valence-electron chi connectivity index (χ2n) is 4.26. The van der Waals surface area contributed by atoms with E-state index in [1.54, 1.807) is 24.3 Å². The van der Waals surface area contributed by atoms with E-state index in [0.717, 1.165) is 4.90 Å². The van der Waals surface area contributed by atoms with E-state index in [1.165, 1.54) is 0 Å². The van der Waals surface area contributed by atoms with E-state index in [0.29, 0.717) is 16.7 Å². The summed E-state index contributed by atoms with van der Waals surface area (Å²) in [5, 5.41) is 13.3. The summed E-state index contributed by atoms with van der Waals surface area (Å²) in [5.74, 6) is -0.515. The van der Waals surface area contributed by atoms with Crippen molar-refractivity contribution in [3.63, 3.8) is 0 Å². The number of rotatable bonds is 6. The van der Waals surface area contributed by atoms with Crippen molar-refractivity contribution in [3.05, 3.63) is 30.0 Å². The van der Waals surface area contributed by atoms with Gasteiger partial charge in [-0.05, 0) is 12.1 Å². The number of hydrogen-bond acceptors (Lipinski definition) is 4. The van der Waals surface area contributed by atoms with Gasteiger partial charge >= 0.3 is 0 Å². The summed E-state index contributed by atoms with van der Waals surface area (Å²) in [6, 6.07) is 7.00.